The van der Waals surface area contributed by atoms with E-state index in [1.165, 1.54) is 22.5 Å². The summed E-state index contributed by atoms with van der Waals surface area (Å²) in [7, 11) is 2.02. The molecular formula is C26H25N3. The summed E-state index contributed by atoms with van der Waals surface area (Å²) in [4.78, 5) is 2.40. The van der Waals surface area contributed by atoms with Gasteiger partial charge in [0.05, 0.1) is 22.8 Å². The molecule has 1 aliphatic rings. The van der Waals surface area contributed by atoms with Crippen LogP contribution in [0.25, 0.3) is 11.3 Å². The Morgan fingerprint density at radius 1 is 0.724 bits per heavy atom. The minimum atomic E-state index is -0.0628. The average molecular weight is 380 g/mol. The van der Waals surface area contributed by atoms with Crippen LogP contribution >= 0.6 is 0 Å². The zero-order chi connectivity index (χ0) is 20.2. The molecule has 0 saturated carbocycles. The van der Waals surface area contributed by atoms with Crippen molar-refractivity contribution in [3.05, 3.63) is 95.7 Å². The highest BCUT2D eigenvalue weighted by atomic mass is 15.3. The number of nitrogens with zero attached hydrogens (tertiary/aromatic N) is 3. The van der Waals surface area contributed by atoms with Gasteiger partial charge in [0, 0.05) is 18.0 Å². The number of benzene rings is 3. The van der Waals surface area contributed by atoms with Crippen LogP contribution in [0, 0.1) is 6.92 Å². The number of aryl methyl sites for hydroxylation is 1. The minimum absolute atomic E-state index is 0.0628. The fraction of sp³-hybridized carbons (Fsp3) is 0.192. The first kappa shape index (κ1) is 17.7. The van der Waals surface area contributed by atoms with Gasteiger partial charge in [0.25, 0.3) is 0 Å². The molecule has 0 unspecified atom stereocenters. The van der Waals surface area contributed by atoms with Gasteiger partial charge >= 0.3 is 0 Å². The van der Waals surface area contributed by atoms with Gasteiger partial charge in [-0.25, -0.2) is 0 Å². The van der Waals surface area contributed by atoms with Crippen LogP contribution in [0.5, 0.6) is 0 Å². The van der Waals surface area contributed by atoms with Gasteiger partial charge < -0.3 is 4.90 Å². The predicted molar refractivity (Wildman–Crippen MR) is 120 cm³/mol. The Labute approximate surface area is 172 Å². The monoisotopic (exact) mass is 379 g/mol. The van der Waals surface area contributed by atoms with Gasteiger partial charge in [-0.2, -0.15) is 5.10 Å². The maximum atomic E-state index is 4.91. The van der Waals surface area contributed by atoms with Crippen LogP contribution in [0.4, 0.5) is 17.1 Å². The molecule has 1 aromatic heterocycles. The van der Waals surface area contributed by atoms with E-state index in [-0.39, 0.29) is 5.41 Å². The first-order valence-corrected chi connectivity index (χ1v) is 10.1. The Kier molecular flexibility index (Phi) is 3.88. The molecule has 3 aromatic carbocycles. The molecular weight excluding hydrogens is 354 g/mol. The van der Waals surface area contributed by atoms with Gasteiger partial charge in [-0.15, -0.1) is 0 Å². The molecule has 0 spiro atoms. The number of hydrogen-bond acceptors (Lipinski definition) is 2. The molecule has 5 rings (SSSR count). The van der Waals surface area contributed by atoms with E-state index >= 15 is 0 Å². The largest absolute Gasteiger partial charge is 0.306 e. The summed E-state index contributed by atoms with van der Waals surface area (Å²) in [5.41, 5.74) is 9.49. The fourth-order valence-corrected chi connectivity index (χ4v) is 4.57. The van der Waals surface area contributed by atoms with Crippen LogP contribution in [0.15, 0.2) is 78.9 Å². The van der Waals surface area contributed by atoms with Crippen LogP contribution in [-0.2, 0) is 12.5 Å². The minimum Gasteiger partial charge on any atom is -0.306 e. The van der Waals surface area contributed by atoms with E-state index in [4.69, 9.17) is 5.10 Å². The van der Waals surface area contributed by atoms with Crippen molar-refractivity contribution in [2.24, 2.45) is 7.05 Å². The molecule has 0 saturated heterocycles. The van der Waals surface area contributed by atoms with E-state index < -0.39 is 0 Å². The third-order valence-corrected chi connectivity index (χ3v) is 6.21. The quantitative estimate of drug-likeness (QED) is 0.396. The number of para-hydroxylation sites is 2. The Hall–Kier alpha value is -3.33. The first-order valence-electron chi connectivity index (χ1n) is 10.1. The second kappa shape index (κ2) is 6.35. The molecule has 0 fully saturated rings. The number of fused-ring (bicyclic) bond motifs is 2. The molecule has 29 heavy (non-hydrogen) atoms. The van der Waals surface area contributed by atoms with E-state index in [9.17, 15) is 0 Å². The van der Waals surface area contributed by atoms with E-state index in [1.54, 1.807) is 0 Å². The Bertz CT molecular complexity index is 1150. The van der Waals surface area contributed by atoms with Crippen molar-refractivity contribution in [1.29, 1.82) is 0 Å². The molecule has 2 heterocycles. The summed E-state index contributed by atoms with van der Waals surface area (Å²) in [5.74, 6) is 0. The lowest BCUT2D eigenvalue weighted by Crippen LogP contribution is -2.30. The number of hydrogen-bond donors (Lipinski definition) is 0. The van der Waals surface area contributed by atoms with Crippen molar-refractivity contribution in [2.75, 3.05) is 4.90 Å². The molecule has 0 aliphatic carbocycles. The summed E-state index contributed by atoms with van der Waals surface area (Å²) < 4.78 is 1.99. The van der Waals surface area contributed by atoms with E-state index in [2.05, 4.69) is 98.5 Å². The highest BCUT2D eigenvalue weighted by Gasteiger charge is 2.38. The zero-order valence-electron chi connectivity index (χ0n) is 17.3. The van der Waals surface area contributed by atoms with Crippen LogP contribution in [0.2, 0.25) is 0 Å². The van der Waals surface area contributed by atoms with Crippen LogP contribution in [0.3, 0.4) is 0 Å². The molecule has 144 valence electrons. The Morgan fingerprint density at radius 2 is 1.24 bits per heavy atom. The summed E-state index contributed by atoms with van der Waals surface area (Å²) in [5, 5.41) is 4.91. The van der Waals surface area contributed by atoms with Gasteiger partial charge in [0.1, 0.15) is 5.69 Å². The SMILES string of the molecule is Cc1c(N2c3ccccc3C(C)(C)c3ccccc32)c(-c2ccccc2)nn1C. The lowest BCUT2D eigenvalue weighted by molar-refractivity contribution is 0.631. The van der Waals surface area contributed by atoms with Crippen LogP contribution in [0.1, 0.15) is 30.7 Å². The molecule has 3 heteroatoms. The highest BCUT2D eigenvalue weighted by Crippen LogP contribution is 2.53. The number of rotatable bonds is 2. The van der Waals surface area contributed by atoms with Crippen molar-refractivity contribution < 1.29 is 0 Å². The summed E-state index contributed by atoms with van der Waals surface area (Å²) in [6.07, 6.45) is 0. The number of anilines is 3. The summed E-state index contributed by atoms with van der Waals surface area (Å²) >= 11 is 0. The maximum Gasteiger partial charge on any atom is 0.117 e. The van der Waals surface area contributed by atoms with Crippen molar-refractivity contribution in [1.82, 2.24) is 9.78 Å². The van der Waals surface area contributed by atoms with Gasteiger partial charge in [-0.1, -0.05) is 80.6 Å². The standard InChI is InChI=1S/C26H25N3/c1-18-25(24(27-28(18)4)19-12-6-5-7-13-19)29-22-16-10-8-14-20(22)26(2,3)21-15-9-11-17-23(21)29/h5-17H,1-4H3. The molecule has 0 bridgehead atoms. The zero-order valence-corrected chi connectivity index (χ0v) is 17.3. The van der Waals surface area contributed by atoms with Crippen molar-refractivity contribution in [3.63, 3.8) is 0 Å². The fourth-order valence-electron chi connectivity index (χ4n) is 4.57. The van der Waals surface area contributed by atoms with E-state index in [1.807, 2.05) is 17.8 Å². The van der Waals surface area contributed by atoms with Crippen molar-refractivity contribution in [2.45, 2.75) is 26.2 Å². The van der Waals surface area contributed by atoms with Gasteiger partial charge in [-0.3, -0.25) is 4.68 Å². The van der Waals surface area contributed by atoms with Gasteiger partial charge in [0.15, 0.2) is 0 Å². The molecule has 0 atom stereocenters. The van der Waals surface area contributed by atoms with Gasteiger partial charge in [0.2, 0.25) is 0 Å². The van der Waals surface area contributed by atoms with Crippen molar-refractivity contribution in [3.8, 4) is 11.3 Å². The molecule has 0 radical (unpaired) electrons. The second-order valence-electron chi connectivity index (χ2n) is 8.27. The molecule has 1 aliphatic heterocycles. The van der Waals surface area contributed by atoms with Crippen molar-refractivity contribution >= 4 is 17.1 Å². The van der Waals surface area contributed by atoms with Gasteiger partial charge in [-0.05, 0) is 30.2 Å². The summed E-state index contributed by atoms with van der Waals surface area (Å²) in [6.45, 7) is 6.78. The maximum absolute atomic E-state index is 4.91. The topological polar surface area (TPSA) is 21.1 Å². The highest BCUT2D eigenvalue weighted by molar-refractivity contribution is 5.92. The molecule has 3 nitrogen and oxygen atoms in total. The van der Waals surface area contributed by atoms with Crippen LogP contribution in [-0.4, -0.2) is 9.78 Å². The third kappa shape index (κ3) is 2.54. The molecule has 0 N–H and O–H groups in total. The Morgan fingerprint density at radius 3 is 1.83 bits per heavy atom. The third-order valence-electron chi connectivity index (χ3n) is 6.21. The van der Waals surface area contributed by atoms with E-state index in [0.717, 1.165) is 22.6 Å². The predicted octanol–water partition coefficient (Wildman–Crippen LogP) is 6.50. The van der Waals surface area contributed by atoms with E-state index in [0.29, 0.717) is 0 Å². The Balaban J connectivity index is 1.86. The summed E-state index contributed by atoms with van der Waals surface area (Å²) in [6, 6.07) is 28.0. The van der Waals surface area contributed by atoms with Crippen LogP contribution < -0.4 is 4.90 Å². The average Bonchev–Trinajstić information content (AvgIpc) is 3.04. The normalized spacial score (nSPS) is 14.4. The lowest BCUT2D eigenvalue weighted by atomic mass is 9.73. The first-order chi connectivity index (χ1) is 14.0. The number of aromatic nitrogens is 2. The smallest absolute Gasteiger partial charge is 0.117 e. The molecule has 0 amide bonds. The lowest BCUT2D eigenvalue weighted by Gasteiger charge is -2.42. The molecule has 4 aromatic rings. The second-order valence-corrected chi connectivity index (χ2v) is 8.27.